The van der Waals surface area contributed by atoms with Gasteiger partial charge in [0, 0.05) is 43.8 Å². The van der Waals surface area contributed by atoms with E-state index in [4.69, 9.17) is 11.6 Å². The Morgan fingerprint density at radius 1 is 1.10 bits per heavy atom. The quantitative estimate of drug-likeness (QED) is 0.782. The minimum absolute atomic E-state index is 0.613. The van der Waals surface area contributed by atoms with E-state index in [1.807, 2.05) is 0 Å². The molecule has 110 valence electrons. The van der Waals surface area contributed by atoms with Crippen LogP contribution in [0.3, 0.4) is 0 Å². The van der Waals surface area contributed by atoms with Crippen LogP contribution in [0.1, 0.15) is 36.8 Å². The maximum Gasteiger partial charge on any atom is 0.0476 e. The SMILES string of the molecule is Cc1cc(N2CCN(C3CCCC3)CC2)ccc1CCl. The molecule has 0 radical (unpaired) electrons. The Balaban J connectivity index is 1.61. The summed E-state index contributed by atoms with van der Waals surface area (Å²) in [6, 6.07) is 7.58. The van der Waals surface area contributed by atoms with Crippen LogP contribution in [0.25, 0.3) is 0 Å². The average molecular weight is 293 g/mol. The fraction of sp³-hybridized carbons (Fsp3) is 0.647. The minimum Gasteiger partial charge on any atom is -0.369 e. The smallest absolute Gasteiger partial charge is 0.0476 e. The van der Waals surface area contributed by atoms with E-state index >= 15 is 0 Å². The van der Waals surface area contributed by atoms with Gasteiger partial charge in [-0.3, -0.25) is 4.90 Å². The minimum atomic E-state index is 0.613. The highest BCUT2D eigenvalue weighted by Crippen LogP contribution is 2.26. The number of piperazine rings is 1. The zero-order chi connectivity index (χ0) is 13.9. The average Bonchev–Trinajstić information content (AvgIpc) is 3.01. The largest absolute Gasteiger partial charge is 0.369 e. The number of rotatable bonds is 3. The number of nitrogens with zero attached hydrogens (tertiary/aromatic N) is 2. The van der Waals surface area contributed by atoms with Crippen LogP contribution in [0.5, 0.6) is 0 Å². The lowest BCUT2D eigenvalue weighted by Gasteiger charge is -2.39. The summed E-state index contributed by atoms with van der Waals surface area (Å²) in [4.78, 5) is 5.24. The first-order valence-electron chi connectivity index (χ1n) is 7.92. The van der Waals surface area contributed by atoms with E-state index in [2.05, 4.69) is 34.9 Å². The van der Waals surface area contributed by atoms with Gasteiger partial charge in [-0.15, -0.1) is 11.6 Å². The van der Waals surface area contributed by atoms with Crippen molar-refractivity contribution in [3.63, 3.8) is 0 Å². The van der Waals surface area contributed by atoms with Crippen LogP contribution in [-0.2, 0) is 5.88 Å². The van der Waals surface area contributed by atoms with Crippen molar-refractivity contribution >= 4 is 17.3 Å². The third-order valence-corrected chi connectivity index (χ3v) is 5.28. The second-order valence-corrected chi connectivity index (χ2v) is 6.47. The molecule has 1 aliphatic carbocycles. The first kappa shape index (κ1) is 14.2. The number of alkyl halides is 1. The summed E-state index contributed by atoms with van der Waals surface area (Å²) in [5.41, 5.74) is 3.93. The Morgan fingerprint density at radius 3 is 2.40 bits per heavy atom. The summed E-state index contributed by atoms with van der Waals surface area (Å²) in [7, 11) is 0. The van der Waals surface area contributed by atoms with Crippen LogP contribution in [0.4, 0.5) is 5.69 Å². The molecule has 1 saturated carbocycles. The van der Waals surface area contributed by atoms with E-state index in [0.717, 1.165) is 19.1 Å². The predicted molar refractivity (Wildman–Crippen MR) is 86.8 cm³/mol. The Labute approximate surface area is 127 Å². The maximum atomic E-state index is 5.94. The van der Waals surface area contributed by atoms with Gasteiger partial charge in [-0.1, -0.05) is 18.9 Å². The summed E-state index contributed by atoms with van der Waals surface area (Å²) in [6.45, 7) is 6.93. The summed E-state index contributed by atoms with van der Waals surface area (Å²) >= 11 is 5.94. The van der Waals surface area contributed by atoms with Crippen LogP contribution in [0.2, 0.25) is 0 Å². The number of hydrogen-bond donors (Lipinski definition) is 0. The normalized spacial score (nSPS) is 21.6. The summed E-state index contributed by atoms with van der Waals surface area (Å²) < 4.78 is 0. The van der Waals surface area contributed by atoms with E-state index in [0.29, 0.717) is 5.88 Å². The van der Waals surface area contributed by atoms with Gasteiger partial charge >= 0.3 is 0 Å². The van der Waals surface area contributed by atoms with E-state index < -0.39 is 0 Å². The van der Waals surface area contributed by atoms with Gasteiger partial charge in [0.15, 0.2) is 0 Å². The lowest BCUT2D eigenvalue weighted by molar-refractivity contribution is 0.187. The second-order valence-electron chi connectivity index (χ2n) is 6.21. The number of halogens is 1. The molecule has 20 heavy (non-hydrogen) atoms. The fourth-order valence-electron chi connectivity index (χ4n) is 3.64. The zero-order valence-corrected chi connectivity index (χ0v) is 13.2. The van der Waals surface area contributed by atoms with Gasteiger partial charge in [-0.2, -0.15) is 0 Å². The molecule has 0 atom stereocenters. The van der Waals surface area contributed by atoms with Crippen molar-refractivity contribution in [3.05, 3.63) is 29.3 Å². The molecular weight excluding hydrogens is 268 g/mol. The molecule has 1 heterocycles. The Morgan fingerprint density at radius 2 is 1.80 bits per heavy atom. The molecule has 2 aliphatic rings. The molecule has 0 N–H and O–H groups in total. The molecule has 0 unspecified atom stereocenters. The predicted octanol–water partition coefficient (Wildman–Crippen LogP) is 3.80. The third kappa shape index (κ3) is 2.96. The molecule has 0 aromatic heterocycles. The lowest BCUT2D eigenvalue weighted by Crippen LogP contribution is -2.49. The Bertz CT molecular complexity index is 446. The number of hydrogen-bond acceptors (Lipinski definition) is 2. The second kappa shape index (κ2) is 6.36. The Hall–Kier alpha value is -0.730. The van der Waals surface area contributed by atoms with E-state index in [9.17, 15) is 0 Å². The molecule has 1 aromatic rings. The third-order valence-electron chi connectivity index (χ3n) is 4.99. The molecular formula is C17H25ClN2. The standard InChI is InChI=1S/C17H25ClN2/c1-14-12-17(7-6-15(14)13-18)20-10-8-19(9-11-20)16-4-2-3-5-16/h6-7,12,16H,2-5,8-11,13H2,1H3. The number of aryl methyl sites for hydroxylation is 1. The van der Waals surface area contributed by atoms with Gasteiger partial charge in [0.2, 0.25) is 0 Å². The molecule has 0 bridgehead atoms. The van der Waals surface area contributed by atoms with Gasteiger partial charge in [0.05, 0.1) is 0 Å². The zero-order valence-electron chi connectivity index (χ0n) is 12.4. The van der Waals surface area contributed by atoms with Crippen molar-refractivity contribution in [2.24, 2.45) is 0 Å². The molecule has 1 aliphatic heterocycles. The van der Waals surface area contributed by atoms with Gasteiger partial charge < -0.3 is 4.90 Å². The van der Waals surface area contributed by atoms with Crippen molar-refractivity contribution in [1.82, 2.24) is 4.90 Å². The van der Waals surface area contributed by atoms with Crippen LogP contribution >= 0.6 is 11.6 Å². The first-order valence-corrected chi connectivity index (χ1v) is 8.46. The van der Waals surface area contributed by atoms with E-state index in [1.54, 1.807) is 0 Å². The molecule has 1 aromatic carbocycles. The van der Waals surface area contributed by atoms with E-state index in [-0.39, 0.29) is 0 Å². The van der Waals surface area contributed by atoms with Gasteiger partial charge in [0.1, 0.15) is 0 Å². The van der Waals surface area contributed by atoms with Gasteiger partial charge in [0.25, 0.3) is 0 Å². The van der Waals surface area contributed by atoms with Crippen LogP contribution < -0.4 is 4.90 Å². The number of benzene rings is 1. The van der Waals surface area contributed by atoms with Crippen LogP contribution in [0, 0.1) is 6.92 Å². The monoisotopic (exact) mass is 292 g/mol. The molecule has 2 fully saturated rings. The maximum absolute atomic E-state index is 5.94. The van der Waals surface area contributed by atoms with Gasteiger partial charge in [-0.25, -0.2) is 0 Å². The highest BCUT2D eigenvalue weighted by atomic mass is 35.5. The molecule has 3 rings (SSSR count). The molecule has 0 spiro atoms. The molecule has 0 amide bonds. The van der Waals surface area contributed by atoms with Gasteiger partial charge in [-0.05, 0) is 43.0 Å². The van der Waals surface area contributed by atoms with Crippen molar-refractivity contribution in [3.8, 4) is 0 Å². The van der Waals surface area contributed by atoms with Crippen molar-refractivity contribution in [2.45, 2.75) is 44.5 Å². The van der Waals surface area contributed by atoms with Crippen molar-refractivity contribution < 1.29 is 0 Å². The Kier molecular flexibility index (Phi) is 4.52. The summed E-state index contributed by atoms with van der Waals surface area (Å²) in [5.74, 6) is 0.613. The first-order chi connectivity index (χ1) is 9.78. The molecule has 1 saturated heterocycles. The number of anilines is 1. The topological polar surface area (TPSA) is 6.48 Å². The van der Waals surface area contributed by atoms with Crippen molar-refractivity contribution in [2.75, 3.05) is 31.1 Å². The van der Waals surface area contributed by atoms with E-state index in [1.165, 1.54) is 55.6 Å². The summed E-state index contributed by atoms with van der Waals surface area (Å²) in [5, 5.41) is 0. The van der Waals surface area contributed by atoms with Crippen molar-refractivity contribution in [1.29, 1.82) is 0 Å². The summed E-state index contributed by atoms with van der Waals surface area (Å²) in [6.07, 6.45) is 5.71. The molecule has 2 nitrogen and oxygen atoms in total. The fourth-order valence-corrected chi connectivity index (χ4v) is 3.94. The van der Waals surface area contributed by atoms with Crippen LogP contribution in [0.15, 0.2) is 18.2 Å². The van der Waals surface area contributed by atoms with Crippen LogP contribution in [-0.4, -0.2) is 37.1 Å². The highest BCUT2D eigenvalue weighted by molar-refractivity contribution is 6.17. The lowest BCUT2D eigenvalue weighted by atomic mass is 10.1. The molecule has 3 heteroatoms. The highest BCUT2D eigenvalue weighted by Gasteiger charge is 2.26.